The molecule has 1 aliphatic heterocycles. The number of rotatable bonds is 3. The molecule has 4 nitrogen and oxygen atoms in total. The topological polar surface area (TPSA) is 93.3 Å². The lowest BCUT2D eigenvalue weighted by atomic mass is 9.89. The van der Waals surface area contributed by atoms with E-state index < -0.39 is 23.5 Å². The van der Waals surface area contributed by atoms with Gasteiger partial charge in [0.25, 0.3) is 0 Å². The smallest absolute Gasteiger partial charge is 0.306 e. The van der Waals surface area contributed by atoms with Crippen molar-refractivity contribution < 1.29 is 26.3 Å². The van der Waals surface area contributed by atoms with Gasteiger partial charge in [0.1, 0.15) is 17.7 Å². The molecule has 1 unspecified atom stereocenters. The minimum Gasteiger partial charge on any atom is -0.306 e. The zero-order valence-corrected chi connectivity index (χ0v) is 26.2. The number of fused-ring (bicyclic) bond motifs is 7. The van der Waals surface area contributed by atoms with Crippen molar-refractivity contribution in [3.63, 3.8) is 0 Å². The van der Waals surface area contributed by atoms with Gasteiger partial charge in [0.2, 0.25) is 0 Å². The van der Waals surface area contributed by atoms with Gasteiger partial charge < -0.3 is 5.32 Å². The SMILES string of the molecule is N#CC(C#N)=C1c2cc(-c3ccc(C(F)(F)F)cc3)ccc2-c2sc3c(c21)/C(=C(\C#N)C1CN1)c1cc(-c2ccc(C(F)(F)F)cc2)ccc1-3. The highest BCUT2D eigenvalue weighted by atomic mass is 32.1. The molecular formula is C39H18F6N4S. The number of alkyl halides is 6. The lowest BCUT2D eigenvalue weighted by Crippen LogP contribution is -2.04. The Balaban J connectivity index is 1.31. The van der Waals surface area contributed by atoms with Crippen LogP contribution in [0.25, 0.3) is 54.3 Å². The zero-order valence-electron chi connectivity index (χ0n) is 25.4. The number of thiophene rings is 1. The second-order valence-electron chi connectivity index (χ2n) is 12.0. The number of hydrogen-bond donors (Lipinski definition) is 1. The summed E-state index contributed by atoms with van der Waals surface area (Å²) in [5.74, 6) is 0. The molecule has 0 spiro atoms. The van der Waals surface area contributed by atoms with E-state index in [9.17, 15) is 42.1 Å². The molecule has 0 bridgehead atoms. The summed E-state index contributed by atoms with van der Waals surface area (Å²) in [6, 6.07) is 26.7. The Kier molecular flexibility index (Phi) is 6.93. The molecule has 0 saturated carbocycles. The van der Waals surface area contributed by atoms with Crippen molar-refractivity contribution in [2.24, 2.45) is 0 Å². The molecule has 2 heterocycles. The number of hydrogen-bond acceptors (Lipinski definition) is 5. The van der Waals surface area contributed by atoms with Gasteiger partial charge in [-0.15, -0.1) is 11.3 Å². The third-order valence-electron chi connectivity index (χ3n) is 9.19. The van der Waals surface area contributed by atoms with Crippen molar-refractivity contribution >= 4 is 22.5 Å². The van der Waals surface area contributed by atoms with Crippen molar-refractivity contribution in [2.75, 3.05) is 6.54 Å². The number of nitriles is 3. The summed E-state index contributed by atoms with van der Waals surface area (Å²) in [7, 11) is 0. The van der Waals surface area contributed by atoms with Crippen LogP contribution in [0.1, 0.15) is 33.4 Å². The van der Waals surface area contributed by atoms with Gasteiger partial charge in [-0.3, -0.25) is 0 Å². The van der Waals surface area contributed by atoms with E-state index in [1.54, 1.807) is 12.1 Å². The number of halogens is 6. The van der Waals surface area contributed by atoms with Crippen molar-refractivity contribution in [2.45, 2.75) is 18.4 Å². The van der Waals surface area contributed by atoms with Gasteiger partial charge in [-0.25, -0.2) is 0 Å². The molecule has 5 aromatic rings. The number of benzene rings is 4. The predicted molar refractivity (Wildman–Crippen MR) is 177 cm³/mol. The van der Waals surface area contributed by atoms with E-state index in [1.165, 1.54) is 35.6 Å². The summed E-state index contributed by atoms with van der Waals surface area (Å²) in [6.07, 6.45) is -8.97. The first-order valence-corrected chi connectivity index (χ1v) is 16.0. The van der Waals surface area contributed by atoms with Crippen molar-refractivity contribution in [3.05, 3.63) is 129 Å². The van der Waals surface area contributed by atoms with Gasteiger partial charge in [-0.2, -0.15) is 42.1 Å². The van der Waals surface area contributed by atoms with Crippen LogP contribution in [0, 0.1) is 34.0 Å². The molecule has 1 atom stereocenters. The third-order valence-corrected chi connectivity index (χ3v) is 10.4. The van der Waals surface area contributed by atoms with E-state index in [4.69, 9.17) is 0 Å². The van der Waals surface area contributed by atoms with Crippen LogP contribution in [0.15, 0.2) is 96.1 Å². The Bertz CT molecular complexity index is 2460. The van der Waals surface area contributed by atoms with E-state index in [0.29, 0.717) is 67.8 Å². The summed E-state index contributed by atoms with van der Waals surface area (Å²) >= 11 is 1.45. The first-order chi connectivity index (χ1) is 23.9. The van der Waals surface area contributed by atoms with Gasteiger partial charge in [0.15, 0.2) is 0 Å². The summed E-state index contributed by atoms with van der Waals surface area (Å²) < 4.78 is 79.5. The normalized spacial score (nSPS) is 16.4. The molecule has 0 amide bonds. The number of allylic oxidation sites excluding steroid dienone is 1. The largest absolute Gasteiger partial charge is 0.416 e. The summed E-state index contributed by atoms with van der Waals surface area (Å²) in [4.78, 5) is 1.62. The van der Waals surface area contributed by atoms with Crippen molar-refractivity contribution in [1.29, 1.82) is 15.8 Å². The van der Waals surface area contributed by atoms with Gasteiger partial charge in [-0.1, -0.05) is 48.5 Å². The molecule has 0 radical (unpaired) electrons. The maximum Gasteiger partial charge on any atom is 0.416 e. The molecular weight excluding hydrogens is 671 g/mol. The van der Waals surface area contributed by atoms with E-state index in [1.807, 2.05) is 36.4 Å². The Morgan fingerprint density at radius 3 is 1.40 bits per heavy atom. The molecule has 50 heavy (non-hydrogen) atoms. The Morgan fingerprint density at radius 2 is 1.00 bits per heavy atom. The van der Waals surface area contributed by atoms with Gasteiger partial charge in [0.05, 0.1) is 28.8 Å². The predicted octanol–water partition coefficient (Wildman–Crippen LogP) is 10.2. The Hall–Kier alpha value is -5.93. The summed E-state index contributed by atoms with van der Waals surface area (Å²) in [6.45, 7) is 0.572. The van der Waals surface area contributed by atoms with Crippen LogP contribution in [0.2, 0.25) is 0 Å². The maximum absolute atomic E-state index is 13.3. The van der Waals surface area contributed by atoms with Crippen molar-refractivity contribution in [1.82, 2.24) is 5.32 Å². The fourth-order valence-electron chi connectivity index (χ4n) is 6.76. The Morgan fingerprint density at radius 1 is 0.580 bits per heavy atom. The van der Waals surface area contributed by atoms with Crippen LogP contribution < -0.4 is 5.32 Å². The molecule has 1 aromatic heterocycles. The molecule has 3 aliphatic rings. The van der Waals surface area contributed by atoms with Crippen LogP contribution in [-0.2, 0) is 12.4 Å². The van der Waals surface area contributed by atoms with Crippen LogP contribution in [0.4, 0.5) is 26.3 Å². The minimum atomic E-state index is -4.49. The average Bonchev–Trinajstić information content (AvgIpc) is 3.72. The van der Waals surface area contributed by atoms with E-state index in [-0.39, 0.29) is 11.6 Å². The average molecular weight is 689 g/mol. The quantitative estimate of drug-likeness (QED) is 0.114. The lowest BCUT2D eigenvalue weighted by molar-refractivity contribution is -0.138. The molecule has 11 heteroatoms. The second kappa shape index (κ2) is 11.0. The van der Waals surface area contributed by atoms with Crippen LogP contribution in [-0.4, -0.2) is 12.6 Å². The van der Waals surface area contributed by atoms with Gasteiger partial charge in [-0.05, 0) is 69.8 Å². The molecule has 2 aliphatic carbocycles. The fraction of sp³-hybridized carbons (Fsp3) is 0.103. The number of nitrogens with zero attached hydrogens (tertiary/aromatic N) is 3. The fourth-order valence-corrected chi connectivity index (χ4v) is 8.16. The first kappa shape index (κ1) is 31.3. The molecule has 242 valence electrons. The highest BCUT2D eigenvalue weighted by molar-refractivity contribution is 7.20. The molecule has 1 N–H and O–H groups in total. The monoisotopic (exact) mass is 688 g/mol. The van der Waals surface area contributed by atoms with Crippen LogP contribution in [0.5, 0.6) is 0 Å². The zero-order chi connectivity index (χ0) is 35.1. The number of nitrogens with one attached hydrogen (secondary N) is 1. The summed E-state index contributed by atoms with van der Waals surface area (Å²) in [5.41, 5.74) is 6.27. The summed E-state index contributed by atoms with van der Waals surface area (Å²) in [5, 5.41) is 34.0. The minimum absolute atomic E-state index is 0.154. The molecule has 4 aromatic carbocycles. The standard InChI is InChI=1S/C39H18F6N4S/c40-38(41,42)24-7-1-19(2-8-24)21-5-11-26-28(13-21)32(23(15-46)16-47)34-35-33(30(17-48)31-18-49-31)29-14-22(6-12-27(29)37(35)50-36(26)34)20-3-9-25(10-4-20)39(43,44)45/h1-14,31,49H,18H2/b33-30+. The van der Waals surface area contributed by atoms with E-state index in [2.05, 4.69) is 11.4 Å². The third kappa shape index (κ3) is 4.84. The lowest BCUT2D eigenvalue weighted by Gasteiger charge is -2.12. The van der Waals surface area contributed by atoms with Gasteiger partial charge in [0, 0.05) is 49.7 Å². The molecule has 1 fully saturated rings. The first-order valence-electron chi connectivity index (χ1n) is 15.2. The molecule has 8 rings (SSSR count). The van der Waals surface area contributed by atoms with E-state index >= 15 is 0 Å². The van der Waals surface area contributed by atoms with Crippen LogP contribution >= 0.6 is 11.3 Å². The Labute approximate surface area is 285 Å². The van der Waals surface area contributed by atoms with Crippen molar-refractivity contribution in [3.8, 4) is 61.3 Å². The van der Waals surface area contributed by atoms with Crippen LogP contribution in [0.3, 0.4) is 0 Å². The van der Waals surface area contributed by atoms with E-state index in [0.717, 1.165) is 45.1 Å². The highest BCUT2D eigenvalue weighted by Crippen LogP contribution is 2.61. The second-order valence-corrected chi connectivity index (χ2v) is 13.0. The maximum atomic E-state index is 13.3. The van der Waals surface area contributed by atoms with Gasteiger partial charge >= 0.3 is 12.4 Å². The molecule has 1 saturated heterocycles. The highest BCUT2D eigenvalue weighted by Gasteiger charge is 2.42.